The predicted molar refractivity (Wildman–Crippen MR) is 90.8 cm³/mol. The Morgan fingerprint density at radius 3 is 2.92 bits per heavy atom. The van der Waals surface area contributed by atoms with Crippen LogP contribution in [0.4, 0.5) is 10.1 Å². The molecular formula is C16H12ClFN6O. The monoisotopic (exact) mass is 358 g/mol. The van der Waals surface area contributed by atoms with Crippen molar-refractivity contribution in [3.63, 3.8) is 0 Å². The van der Waals surface area contributed by atoms with Crippen molar-refractivity contribution in [2.45, 2.75) is 12.1 Å². The molecule has 1 atom stereocenters. The van der Waals surface area contributed by atoms with Crippen LogP contribution in [0.2, 0.25) is 5.02 Å². The first-order valence-corrected chi connectivity index (χ1v) is 7.97. The summed E-state index contributed by atoms with van der Waals surface area (Å²) in [4.78, 5) is 21.5. The predicted octanol–water partition coefficient (Wildman–Crippen LogP) is 2.20. The molecule has 7 nitrogen and oxygen atoms in total. The summed E-state index contributed by atoms with van der Waals surface area (Å²) in [6, 6.07) is 8.99. The summed E-state index contributed by atoms with van der Waals surface area (Å²) in [5, 5.41) is 12.9. The highest BCUT2D eigenvalue weighted by Crippen LogP contribution is 2.31. The summed E-state index contributed by atoms with van der Waals surface area (Å²) in [5.41, 5.74) is -0.721. The number of hydrogen-bond donors (Lipinski definition) is 1. The van der Waals surface area contributed by atoms with E-state index < -0.39 is 11.2 Å². The molecule has 0 bridgehead atoms. The number of nitrogens with zero attached hydrogens (tertiary/aromatic N) is 5. The Hall–Kier alpha value is -2.92. The van der Waals surface area contributed by atoms with Crippen LogP contribution < -0.4 is 10.5 Å². The van der Waals surface area contributed by atoms with Gasteiger partial charge >= 0.3 is 0 Å². The maximum absolute atomic E-state index is 14.1. The first-order chi connectivity index (χ1) is 12.0. The molecule has 126 valence electrons. The highest BCUT2D eigenvalue weighted by atomic mass is 35.5. The summed E-state index contributed by atoms with van der Waals surface area (Å²) >= 11 is 6.20. The normalized spacial score (nSPS) is 20.1. The number of nitrogens with one attached hydrogen (secondary N) is 1. The number of aromatic nitrogens is 4. The number of hydrogen-bond acceptors (Lipinski definition) is 5. The molecule has 3 aromatic rings. The van der Waals surface area contributed by atoms with Crippen LogP contribution in [0.3, 0.4) is 0 Å². The lowest BCUT2D eigenvalue weighted by atomic mass is 10.1. The largest absolute Gasteiger partial charge is 0.364 e. The quantitative estimate of drug-likeness (QED) is 0.758. The first kappa shape index (κ1) is 15.6. The zero-order valence-corrected chi connectivity index (χ0v) is 13.7. The Bertz CT molecular complexity index is 1040. The van der Waals surface area contributed by atoms with E-state index in [4.69, 9.17) is 16.9 Å². The van der Waals surface area contributed by atoms with E-state index in [9.17, 15) is 9.18 Å². The smallest absolute Gasteiger partial charge is 0.295 e. The minimum atomic E-state index is -1.93. The number of H-pyrrole nitrogens is 1. The molecule has 1 aromatic carbocycles. The zero-order chi connectivity index (χ0) is 17.6. The molecule has 0 spiro atoms. The van der Waals surface area contributed by atoms with Gasteiger partial charge in [0.05, 0.1) is 29.5 Å². The Morgan fingerprint density at radius 1 is 1.40 bits per heavy atom. The summed E-state index contributed by atoms with van der Waals surface area (Å²) in [7, 11) is 0. The number of nitriles is 1. The molecule has 0 radical (unpaired) electrons. The fourth-order valence-electron chi connectivity index (χ4n) is 2.90. The van der Waals surface area contributed by atoms with Gasteiger partial charge in [0.1, 0.15) is 11.1 Å². The van der Waals surface area contributed by atoms with Gasteiger partial charge in [-0.15, -0.1) is 0 Å². The molecule has 1 N–H and O–H groups in total. The molecular weight excluding hydrogens is 347 g/mol. The summed E-state index contributed by atoms with van der Waals surface area (Å²) < 4.78 is 15.2. The van der Waals surface area contributed by atoms with Crippen LogP contribution >= 0.6 is 11.6 Å². The van der Waals surface area contributed by atoms with Crippen LogP contribution in [0.5, 0.6) is 0 Å². The number of imidazole rings is 1. The second kappa shape index (κ2) is 5.57. The third-order valence-electron chi connectivity index (χ3n) is 4.24. The Labute approximate surface area is 146 Å². The second-order valence-corrected chi connectivity index (χ2v) is 6.26. The van der Waals surface area contributed by atoms with Crippen molar-refractivity contribution in [1.82, 2.24) is 19.7 Å². The van der Waals surface area contributed by atoms with Crippen LogP contribution in [0.15, 0.2) is 35.3 Å². The molecule has 2 aromatic heterocycles. The molecule has 25 heavy (non-hydrogen) atoms. The van der Waals surface area contributed by atoms with Crippen LogP contribution in [0, 0.1) is 11.3 Å². The van der Waals surface area contributed by atoms with Gasteiger partial charge in [-0.3, -0.25) is 4.79 Å². The zero-order valence-electron chi connectivity index (χ0n) is 12.9. The van der Waals surface area contributed by atoms with E-state index in [-0.39, 0.29) is 23.9 Å². The van der Waals surface area contributed by atoms with Crippen LogP contribution in [0.1, 0.15) is 6.42 Å². The van der Waals surface area contributed by atoms with Crippen molar-refractivity contribution in [3.8, 4) is 12.0 Å². The lowest BCUT2D eigenvalue weighted by Gasteiger charge is -2.19. The van der Waals surface area contributed by atoms with Crippen molar-refractivity contribution in [2.24, 2.45) is 0 Å². The van der Waals surface area contributed by atoms with Gasteiger partial charge in [0.2, 0.25) is 11.6 Å². The highest BCUT2D eigenvalue weighted by molar-refractivity contribution is 6.33. The maximum Gasteiger partial charge on any atom is 0.295 e. The molecule has 3 heterocycles. The number of rotatable bonds is 2. The molecule has 4 rings (SSSR count). The minimum Gasteiger partial charge on any atom is -0.364 e. The van der Waals surface area contributed by atoms with E-state index >= 15 is 0 Å². The van der Waals surface area contributed by atoms with Gasteiger partial charge in [0, 0.05) is 13.0 Å². The van der Waals surface area contributed by atoms with Crippen LogP contribution in [-0.4, -0.2) is 38.5 Å². The second-order valence-electron chi connectivity index (χ2n) is 5.89. The Kier molecular flexibility index (Phi) is 3.47. The third kappa shape index (κ3) is 2.53. The molecule has 0 saturated carbocycles. The van der Waals surface area contributed by atoms with E-state index in [0.717, 1.165) is 10.2 Å². The van der Waals surface area contributed by atoms with Crippen LogP contribution in [0.25, 0.3) is 17.0 Å². The topological polar surface area (TPSA) is 90.6 Å². The molecule has 9 heteroatoms. The van der Waals surface area contributed by atoms with E-state index in [2.05, 4.69) is 15.1 Å². The van der Waals surface area contributed by atoms with Gasteiger partial charge in [-0.1, -0.05) is 23.7 Å². The molecule has 1 aliphatic heterocycles. The number of halogens is 2. The number of anilines is 1. The lowest BCUT2D eigenvalue weighted by molar-refractivity contribution is 0.271. The molecule has 1 unspecified atom stereocenters. The SMILES string of the molecule is N#CC1(F)CCN(c2cnn(-c3nc4ccccc4[nH]3)c(=O)c2Cl)C1. The first-order valence-electron chi connectivity index (χ1n) is 7.59. The van der Waals surface area contributed by atoms with Gasteiger partial charge in [-0.2, -0.15) is 15.0 Å². The highest BCUT2D eigenvalue weighted by Gasteiger charge is 2.39. The summed E-state index contributed by atoms with van der Waals surface area (Å²) in [6.07, 6.45) is 1.45. The number of alkyl halides is 1. The van der Waals surface area contributed by atoms with Gasteiger partial charge in [0.25, 0.3) is 5.56 Å². The fourth-order valence-corrected chi connectivity index (χ4v) is 3.15. The van der Waals surface area contributed by atoms with Crippen molar-refractivity contribution in [2.75, 3.05) is 18.0 Å². The van der Waals surface area contributed by atoms with Crippen molar-refractivity contribution >= 4 is 28.3 Å². The Balaban J connectivity index is 1.74. The van der Waals surface area contributed by atoms with Crippen molar-refractivity contribution in [3.05, 3.63) is 45.8 Å². The minimum absolute atomic E-state index is 0.0620. The summed E-state index contributed by atoms with van der Waals surface area (Å²) in [6.45, 7) is 0.151. The van der Waals surface area contributed by atoms with E-state index in [0.29, 0.717) is 17.7 Å². The lowest BCUT2D eigenvalue weighted by Crippen LogP contribution is -2.30. The molecule has 1 aliphatic rings. The van der Waals surface area contributed by atoms with Crippen molar-refractivity contribution < 1.29 is 4.39 Å². The molecule has 0 amide bonds. The van der Waals surface area contributed by atoms with E-state index in [1.165, 1.54) is 6.20 Å². The van der Waals surface area contributed by atoms with Gasteiger partial charge in [-0.25, -0.2) is 9.37 Å². The number of benzene rings is 1. The average molecular weight is 359 g/mol. The average Bonchev–Trinajstić information content (AvgIpc) is 3.21. The van der Waals surface area contributed by atoms with E-state index in [1.54, 1.807) is 11.0 Å². The summed E-state index contributed by atoms with van der Waals surface area (Å²) in [5.74, 6) is 0.248. The third-order valence-corrected chi connectivity index (χ3v) is 4.59. The maximum atomic E-state index is 14.1. The van der Waals surface area contributed by atoms with Gasteiger partial charge < -0.3 is 9.88 Å². The number of para-hydroxylation sites is 2. The van der Waals surface area contributed by atoms with Crippen LogP contribution in [-0.2, 0) is 0 Å². The molecule has 0 aliphatic carbocycles. The van der Waals surface area contributed by atoms with Gasteiger partial charge in [-0.05, 0) is 12.1 Å². The van der Waals surface area contributed by atoms with Crippen molar-refractivity contribution in [1.29, 1.82) is 5.26 Å². The van der Waals surface area contributed by atoms with E-state index in [1.807, 2.05) is 24.3 Å². The van der Waals surface area contributed by atoms with Gasteiger partial charge in [0.15, 0.2) is 0 Å². The molecule has 1 saturated heterocycles. The fraction of sp³-hybridized carbons (Fsp3) is 0.250. The number of aromatic amines is 1. The number of fused-ring (bicyclic) bond motifs is 1. The molecule has 1 fully saturated rings. The standard InChI is InChI=1S/C16H12ClFN6O/c17-13-12(23-6-5-16(18,8-19)9-23)7-20-24(14(13)25)15-21-10-3-1-2-4-11(10)22-15/h1-4,7H,5-6,9H2,(H,21,22). The Morgan fingerprint density at radius 2 is 2.20 bits per heavy atom.